The Balaban J connectivity index is 1.41. The number of aromatic nitrogens is 2. The molecule has 0 aliphatic carbocycles. The maximum absolute atomic E-state index is 13.4. The second-order valence-electron chi connectivity index (χ2n) is 7.05. The Kier molecular flexibility index (Phi) is 6.87. The van der Waals surface area contributed by atoms with Crippen molar-refractivity contribution < 1.29 is 13.9 Å². The van der Waals surface area contributed by atoms with E-state index in [2.05, 4.69) is 26.3 Å². The summed E-state index contributed by atoms with van der Waals surface area (Å²) in [4.78, 5) is 12.7. The summed E-state index contributed by atoms with van der Waals surface area (Å²) in [5.41, 5.74) is 2.04. The summed E-state index contributed by atoms with van der Waals surface area (Å²) in [7, 11) is 0. The molecule has 0 unspecified atom stereocenters. The van der Waals surface area contributed by atoms with Gasteiger partial charge in [-0.1, -0.05) is 51.8 Å². The average Bonchev–Trinajstić information content (AvgIpc) is 3.12. The van der Waals surface area contributed by atoms with Crippen molar-refractivity contribution in [3.63, 3.8) is 0 Å². The minimum absolute atomic E-state index is 0.240. The number of nitrogens with zero attached hydrogens (tertiary/aromatic N) is 2. The topological polar surface area (TPSA) is 56.2 Å². The summed E-state index contributed by atoms with van der Waals surface area (Å²) < 4.78 is 21.7. The van der Waals surface area contributed by atoms with E-state index >= 15 is 0 Å². The monoisotopic (exact) mass is 513 g/mol. The minimum Gasteiger partial charge on any atom is -0.489 e. The number of amides is 1. The van der Waals surface area contributed by atoms with E-state index in [-0.39, 0.29) is 17.5 Å². The van der Waals surface area contributed by atoms with Crippen LogP contribution in [0.3, 0.4) is 0 Å². The fourth-order valence-electron chi connectivity index (χ4n) is 3.06. The van der Waals surface area contributed by atoms with E-state index in [9.17, 15) is 9.18 Å². The van der Waals surface area contributed by atoms with Gasteiger partial charge in [-0.3, -0.25) is 9.48 Å². The summed E-state index contributed by atoms with van der Waals surface area (Å²) >= 11 is 9.63. The van der Waals surface area contributed by atoms with Crippen molar-refractivity contribution in [3.8, 4) is 5.75 Å². The Morgan fingerprint density at radius 1 is 1.06 bits per heavy atom. The van der Waals surface area contributed by atoms with E-state index < -0.39 is 0 Å². The number of rotatable bonds is 7. The summed E-state index contributed by atoms with van der Waals surface area (Å²) in [6.45, 7) is 0.655. The molecule has 0 fully saturated rings. The first-order valence-electron chi connectivity index (χ1n) is 9.72. The van der Waals surface area contributed by atoms with Gasteiger partial charge in [0.2, 0.25) is 0 Å². The quantitative estimate of drug-likeness (QED) is 0.314. The number of nitrogens with one attached hydrogen (secondary N) is 1. The van der Waals surface area contributed by atoms with Crippen LogP contribution in [0.1, 0.15) is 21.5 Å². The van der Waals surface area contributed by atoms with Crippen molar-refractivity contribution in [2.45, 2.75) is 13.2 Å². The van der Waals surface area contributed by atoms with Gasteiger partial charge in [0, 0.05) is 16.2 Å². The number of hydrogen-bond donors (Lipinski definition) is 1. The molecule has 0 aliphatic rings. The molecule has 0 saturated carbocycles. The number of ether oxygens (including phenoxy) is 1. The molecule has 0 radical (unpaired) electrons. The van der Waals surface area contributed by atoms with E-state index in [1.54, 1.807) is 41.2 Å². The second-order valence-corrected chi connectivity index (χ2v) is 8.37. The van der Waals surface area contributed by atoms with E-state index in [1.165, 1.54) is 12.1 Å². The van der Waals surface area contributed by atoms with Crippen LogP contribution in [0, 0.1) is 5.82 Å². The highest BCUT2D eigenvalue weighted by Crippen LogP contribution is 2.22. The molecule has 0 aliphatic heterocycles. The molecule has 3 aromatic carbocycles. The SMILES string of the molecule is O=C(Nc1nn(Cc2cccc(F)c2)cc1Cl)c1cccc(COc2ccc(Br)cc2)c1. The van der Waals surface area contributed by atoms with Crippen molar-refractivity contribution in [2.24, 2.45) is 0 Å². The Morgan fingerprint density at radius 2 is 1.81 bits per heavy atom. The molecule has 1 amide bonds. The zero-order valence-electron chi connectivity index (χ0n) is 16.8. The highest BCUT2D eigenvalue weighted by Gasteiger charge is 2.13. The van der Waals surface area contributed by atoms with E-state index in [0.29, 0.717) is 23.7 Å². The number of halogens is 3. The van der Waals surface area contributed by atoms with Crippen molar-refractivity contribution in [1.82, 2.24) is 9.78 Å². The lowest BCUT2D eigenvalue weighted by atomic mass is 10.1. The van der Waals surface area contributed by atoms with Crippen molar-refractivity contribution in [2.75, 3.05) is 5.32 Å². The summed E-state index contributed by atoms with van der Waals surface area (Å²) in [6.07, 6.45) is 1.59. The first-order valence-corrected chi connectivity index (χ1v) is 10.9. The van der Waals surface area contributed by atoms with Gasteiger partial charge in [-0.2, -0.15) is 5.10 Å². The van der Waals surface area contributed by atoms with Gasteiger partial charge in [0.15, 0.2) is 5.82 Å². The van der Waals surface area contributed by atoms with Crippen LogP contribution in [0.5, 0.6) is 5.75 Å². The molecule has 4 aromatic rings. The van der Waals surface area contributed by atoms with Gasteiger partial charge in [0.25, 0.3) is 5.91 Å². The normalized spacial score (nSPS) is 10.7. The molecule has 0 spiro atoms. The van der Waals surface area contributed by atoms with E-state index in [1.807, 2.05) is 30.3 Å². The number of carbonyl (C=O) groups excluding carboxylic acids is 1. The molecule has 5 nitrogen and oxygen atoms in total. The molecule has 162 valence electrons. The molecule has 1 N–H and O–H groups in total. The Morgan fingerprint density at radius 3 is 2.59 bits per heavy atom. The molecule has 0 bridgehead atoms. The molecular weight excluding hydrogens is 497 g/mol. The third kappa shape index (κ3) is 5.75. The number of benzene rings is 3. The minimum atomic E-state index is -0.339. The standard InChI is InChI=1S/C24H18BrClFN3O2/c25-19-7-9-21(10-8-19)32-15-17-4-1-5-18(11-17)24(31)28-23-22(26)14-30(29-23)13-16-3-2-6-20(27)12-16/h1-12,14H,13,15H2,(H,28,29,31). The van der Waals surface area contributed by atoms with Crippen LogP contribution in [-0.2, 0) is 13.2 Å². The van der Waals surface area contributed by atoms with Crippen LogP contribution in [-0.4, -0.2) is 15.7 Å². The highest BCUT2D eigenvalue weighted by molar-refractivity contribution is 9.10. The van der Waals surface area contributed by atoms with Crippen LogP contribution in [0.25, 0.3) is 0 Å². The number of anilines is 1. The van der Waals surface area contributed by atoms with Crippen molar-refractivity contribution in [3.05, 3.63) is 111 Å². The molecule has 0 atom stereocenters. The lowest BCUT2D eigenvalue weighted by Crippen LogP contribution is -2.13. The summed E-state index contributed by atoms with van der Waals surface area (Å²) in [5, 5.41) is 7.33. The maximum Gasteiger partial charge on any atom is 0.256 e. The Bertz CT molecular complexity index is 1240. The summed E-state index contributed by atoms with van der Waals surface area (Å²) in [5.74, 6) is 0.315. The largest absolute Gasteiger partial charge is 0.489 e. The molecule has 1 aromatic heterocycles. The maximum atomic E-state index is 13.4. The molecular formula is C24H18BrClFN3O2. The zero-order valence-corrected chi connectivity index (χ0v) is 19.1. The zero-order chi connectivity index (χ0) is 22.5. The van der Waals surface area contributed by atoms with Gasteiger partial charge in [0.05, 0.1) is 6.54 Å². The summed E-state index contributed by atoms with van der Waals surface area (Å²) in [6, 6.07) is 20.9. The van der Waals surface area contributed by atoms with E-state index in [0.717, 1.165) is 21.3 Å². The van der Waals surface area contributed by atoms with Gasteiger partial charge < -0.3 is 10.1 Å². The second kappa shape index (κ2) is 9.97. The van der Waals surface area contributed by atoms with Gasteiger partial charge in [0.1, 0.15) is 23.2 Å². The fraction of sp³-hybridized carbons (Fsp3) is 0.0833. The molecule has 0 saturated heterocycles. The molecule has 32 heavy (non-hydrogen) atoms. The number of hydrogen-bond acceptors (Lipinski definition) is 3. The molecule has 1 heterocycles. The van der Waals surface area contributed by atoms with Crippen LogP contribution >= 0.6 is 27.5 Å². The van der Waals surface area contributed by atoms with Gasteiger partial charge >= 0.3 is 0 Å². The lowest BCUT2D eigenvalue weighted by molar-refractivity contribution is 0.102. The first kappa shape index (κ1) is 22.0. The highest BCUT2D eigenvalue weighted by atomic mass is 79.9. The third-order valence-corrected chi connectivity index (χ3v) is 5.40. The van der Waals surface area contributed by atoms with Crippen molar-refractivity contribution >= 4 is 39.3 Å². The number of carbonyl (C=O) groups is 1. The molecule has 4 rings (SSSR count). The van der Waals surface area contributed by atoms with Crippen LogP contribution < -0.4 is 10.1 Å². The predicted molar refractivity (Wildman–Crippen MR) is 126 cm³/mol. The third-order valence-electron chi connectivity index (χ3n) is 4.59. The van der Waals surface area contributed by atoms with Gasteiger partial charge in [-0.05, 0) is 59.7 Å². The van der Waals surface area contributed by atoms with Gasteiger partial charge in [-0.25, -0.2) is 4.39 Å². The van der Waals surface area contributed by atoms with Crippen LogP contribution in [0.15, 0.2) is 83.5 Å². The van der Waals surface area contributed by atoms with E-state index in [4.69, 9.17) is 16.3 Å². The van der Waals surface area contributed by atoms with Crippen molar-refractivity contribution in [1.29, 1.82) is 0 Å². The Labute approximate surface area is 197 Å². The Hall–Kier alpha value is -3.16. The first-order chi connectivity index (χ1) is 15.5. The smallest absolute Gasteiger partial charge is 0.256 e. The van der Waals surface area contributed by atoms with Crippen LogP contribution in [0.4, 0.5) is 10.2 Å². The van der Waals surface area contributed by atoms with Gasteiger partial charge in [-0.15, -0.1) is 0 Å². The fourth-order valence-corrected chi connectivity index (χ4v) is 3.53. The lowest BCUT2D eigenvalue weighted by Gasteiger charge is -2.08. The average molecular weight is 515 g/mol. The predicted octanol–water partition coefficient (Wildman–Crippen LogP) is 6.32. The molecule has 8 heteroatoms. The van der Waals surface area contributed by atoms with Crippen LogP contribution in [0.2, 0.25) is 5.02 Å².